The van der Waals surface area contributed by atoms with Gasteiger partial charge in [0.15, 0.2) is 0 Å². The van der Waals surface area contributed by atoms with Crippen LogP contribution in [-0.4, -0.2) is 37.0 Å². The molecule has 1 saturated heterocycles. The zero-order chi connectivity index (χ0) is 13.2. The molecule has 0 saturated carbocycles. The number of aryl methyl sites for hydroxylation is 2. The maximum absolute atomic E-state index is 12.5. The summed E-state index contributed by atoms with van der Waals surface area (Å²) in [5.74, 6) is 0.202. The van der Waals surface area contributed by atoms with E-state index in [-0.39, 0.29) is 5.91 Å². The van der Waals surface area contributed by atoms with Gasteiger partial charge in [-0.15, -0.1) is 11.3 Å². The van der Waals surface area contributed by atoms with E-state index in [0.29, 0.717) is 6.04 Å². The van der Waals surface area contributed by atoms with Gasteiger partial charge >= 0.3 is 0 Å². The molecule has 2 aliphatic rings. The molecule has 1 N–H and O–H groups in total. The molecule has 1 aromatic heterocycles. The predicted molar refractivity (Wildman–Crippen MR) is 78.9 cm³/mol. The van der Waals surface area contributed by atoms with Gasteiger partial charge < -0.3 is 10.2 Å². The molecule has 3 nitrogen and oxygen atoms in total. The smallest absolute Gasteiger partial charge is 0.263 e. The zero-order valence-electron chi connectivity index (χ0n) is 11.6. The fraction of sp³-hybridized carbons (Fsp3) is 0.667. The quantitative estimate of drug-likeness (QED) is 0.921. The summed E-state index contributed by atoms with van der Waals surface area (Å²) in [7, 11) is 1.93. The van der Waals surface area contributed by atoms with Gasteiger partial charge in [0.05, 0.1) is 4.88 Å². The molecule has 0 bridgehead atoms. The lowest BCUT2D eigenvalue weighted by Crippen LogP contribution is -2.38. The number of nitrogens with one attached hydrogen (secondary N) is 1. The number of hydrogen-bond acceptors (Lipinski definition) is 3. The molecule has 1 atom stereocenters. The maximum Gasteiger partial charge on any atom is 0.263 e. The number of carbonyl (C=O) groups is 1. The number of likely N-dealkylation sites (N-methyl/N-ethyl adjacent to an activating group) is 1. The van der Waals surface area contributed by atoms with E-state index in [2.05, 4.69) is 11.4 Å². The highest BCUT2D eigenvalue weighted by molar-refractivity contribution is 7.14. The average molecular weight is 278 g/mol. The predicted octanol–water partition coefficient (Wildman–Crippen LogP) is 2.45. The largest absolute Gasteiger partial charge is 0.339 e. The number of rotatable bonds is 3. The van der Waals surface area contributed by atoms with Crippen molar-refractivity contribution in [1.82, 2.24) is 10.2 Å². The van der Waals surface area contributed by atoms with E-state index < -0.39 is 0 Å². The van der Waals surface area contributed by atoms with Gasteiger partial charge in [-0.2, -0.15) is 0 Å². The van der Waals surface area contributed by atoms with Gasteiger partial charge in [0.1, 0.15) is 0 Å². The van der Waals surface area contributed by atoms with Crippen LogP contribution in [0.3, 0.4) is 0 Å². The van der Waals surface area contributed by atoms with Gasteiger partial charge in [-0.05, 0) is 56.7 Å². The zero-order valence-corrected chi connectivity index (χ0v) is 12.4. The molecule has 4 heteroatoms. The molecule has 3 rings (SSSR count). The van der Waals surface area contributed by atoms with E-state index in [0.717, 1.165) is 24.4 Å². The molecule has 2 heterocycles. The number of carbonyl (C=O) groups excluding carboxylic acids is 1. The van der Waals surface area contributed by atoms with Crippen molar-refractivity contribution >= 4 is 17.2 Å². The third kappa shape index (κ3) is 2.84. The van der Waals surface area contributed by atoms with Crippen molar-refractivity contribution in [3.05, 3.63) is 21.4 Å². The summed E-state index contributed by atoms with van der Waals surface area (Å²) in [6.45, 7) is 1.93. The Morgan fingerprint density at radius 1 is 1.42 bits per heavy atom. The van der Waals surface area contributed by atoms with Crippen LogP contribution in [0.5, 0.6) is 0 Å². The Hall–Kier alpha value is -0.870. The molecule has 1 amide bonds. The first-order valence-corrected chi connectivity index (χ1v) is 8.16. The average Bonchev–Trinajstić information content (AvgIpc) is 3.05. The normalized spacial score (nSPS) is 22.3. The second-order valence-electron chi connectivity index (χ2n) is 5.75. The molecular formula is C15H22N2OS. The van der Waals surface area contributed by atoms with Crippen molar-refractivity contribution in [2.24, 2.45) is 0 Å². The molecule has 1 fully saturated rings. The van der Waals surface area contributed by atoms with Gasteiger partial charge in [0.2, 0.25) is 0 Å². The fourth-order valence-corrected chi connectivity index (χ4v) is 4.36. The molecule has 19 heavy (non-hydrogen) atoms. The molecular weight excluding hydrogens is 256 g/mol. The van der Waals surface area contributed by atoms with Crippen LogP contribution in [0.2, 0.25) is 0 Å². The van der Waals surface area contributed by atoms with E-state index in [9.17, 15) is 4.79 Å². The van der Waals surface area contributed by atoms with E-state index >= 15 is 0 Å². The summed E-state index contributed by atoms with van der Waals surface area (Å²) < 4.78 is 0. The summed E-state index contributed by atoms with van der Waals surface area (Å²) in [4.78, 5) is 16.7. The molecule has 1 aliphatic heterocycles. The van der Waals surface area contributed by atoms with Gasteiger partial charge in [0, 0.05) is 24.5 Å². The molecule has 0 aromatic carbocycles. The minimum absolute atomic E-state index is 0.202. The molecule has 1 aliphatic carbocycles. The first-order valence-electron chi connectivity index (χ1n) is 7.34. The third-order valence-electron chi connectivity index (χ3n) is 4.21. The number of thiophene rings is 1. The Morgan fingerprint density at radius 2 is 2.26 bits per heavy atom. The van der Waals surface area contributed by atoms with Crippen molar-refractivity contribution in [2.45, 2.75) is 44.6 Å². The lowest BCUT2D eigenvalue weighted by molar-refractivity contribution is 0.0788. The van der Waals surface area contributed by atoms with E-state index in [1.165, 1.54) is 42.5 Å². The van der Waals surface area contributed by atoms with Crippen LogP contribution in [0.1, 0.15) is 45.8 Å². The van der Waals surface area contributed by atoms with Crippen LogP contribution in [-0.2, 0) is 12.8 Å². The second-order valence-corrected chi connectivity index (χ2v) is 6.88. The topological polar surface area (TPSA) is 32.3 Å². The monoisotopic (exact) mass is 278 g/mol. The number of hydrogen-bond donors (Lipinski definition) is 1. The lowest BCUT2D eigenvalue weighted by Gasteiger charge is -2.20. The van der Waals surface area contributed by atoms with Crippen LogP contribution >= 0.6 is 11.3 Å². The van der Waals surface area contributed by atoms with E-state index in [4.69, 9.17) is 0 Å². The molecule has 1 aromatic rings. The number of amides is 1. The van der Waals surface area contributed by atoms with Crippen molar-refractivity contribution in [3.8, 4) is 0 Å². The molecule has 104 valence electrons. The molecule has 0 spiro atoms. The number of nitrogens with zero attached hydrogens (tertiary/aromatic N) is 1. The maximum atomic E-state index is 12.5. The van der Waals surface area contributed by atoms with Crippen LogP contribution in [0, 0.1) is 0 Å². The first kappa shape index (κ1) is 13.1. The van der Waals surface area contributed by atoms with Crippen molar-refractivity contribution < 1.29 is 4.79 Å². The Balaban J connectivity index is 1.66. The number of fused-ring (bicyclic) bond motifs is 1. The van der Waals surface area contributed by atoms with Crippen molar-refractivity contribution in [1.29, 1.82) is 0 Å². The van der Waals surface area contributed by atoms with Crippen molar-refractivity contribution in [2.75, 3.05) is 20.1 Å². The van der Waals surface area contributed by atoms with Gasteiger partial charge in [0.25, 0.3) is 5.91 Å². The first-order chi connectivity index (χ1) is 9.24. The Labute approximate surface area is 119 Å². The molecule has 1 unspecified atom stereocenters. The Bertz CT molecular complexity index is 439. The van der Waals surface area contributed by atoms with Crippen LogP contribution in [0.4, 0.5) is 0 Å². The molecule has 0 radical (unpaired) electrons. The van der Waals surface area contributed by atoms with E-state index in [1.54, 1.807) is 11.3 Å². The minimum Gasteiger partial charge on any atom is -0.339 e. The summed E-state index contributed by atoms with van der Waals surface area (Å²) in [5.41, 5.74) is 1.42. The Kier molecular flexibility index (Phi) is 3.89. The highest BCUT2D eigenvalue weighted by atomic mass is 32.1. The summed E-state index contributed by atoms with van der Waals surface area (Å²) in [5, 5.41) is 3.45. The van der Waals surface area contributed by atoms with Crippen molar-refractivity contribution in [3.63, 3.8) is 0 Å². The Morgan fingerprint density at radius 3 is 3.00 bits per heavy atom. The third-order valence-corrected chi connectivity index (χ3v) is 5.44. The summed E-state index contributed by atoms with van der Waals surface area (Å²) >= 11 is 1.72. The van der Waals surface area contributed by atoms with Gasteiger partial charge in [-0.1, -0.05) is 0 Å². The minimum atomic E-state index is 0.202. The standard InChI is InChI=1S/C15H22N2OS/c1-17(10-12-6-4-8-16-12)15(18)14-9-11-5-2-3-7-13(11)19-14/h9,12,16H,2-8,10H2,1H3. The summed E-state index contributed by atoms with van der Waals surface area (Å²) in [6, 6.07) is 2.63. The lowest BCUT2D eigenvalue weighted by atomic mass is 9.99. The van der Waals surface area contributed by atoms with Gasteiger partial charge in [-0.3, -0.25) is 4.79 Å². The van der Waals surface area contributed by atoms with Crippen LogP contribution in [0.25, 0.3) is 0 Å². The SMILES string of the molecule is CN(CC1CCCN1)C(=O)c1cc2c(s1)CCCC2. The van der Waals surface area contributed by atoms with Crippen LogP contribution < -0.4 is 5.32 Å². The highest BCUT2D eigenvalue weighted by Gasteiger charge is 2.22. The highest BCUT2D eigenvalue weighted by Crippen LogP contribution is 2.30. The second kappa shape index (κ2) is 5.63. The van der Waals surface area contributed by atoms with Gasteiger partial charge in [-0.25, -0.2) is 0 Å². The van der Waals surface area contributed by atoms with Crippen LogP contribution in [0.15, 0.2) is 6.07 Å². The summed E-state index contributed by atoms with van der Waals surface area (Å²) in [6.07, 6.45) is 7.31. The van der Waals surface area contributed by atoms with E-state index in [1.807, 2.05) is 11.9 Å². The fourth-order valence-electron chi connectivity index (χ4n) is 3.11.